The number of hydrogen-bond acceptors (Lipinski definition) is 0. The van der Waals surface area contributed by atoms with Gasteiger partial charge in [0, 0.05) is 21.9 Å². The van der Waals surface area contributed by atoms with Crippen molar-refractivity contribution < 1.29 is 0 Å². The van der Waals surface area contributed by atoms with Crippen LogP contribution >= 0.6 is 0 Å². The SMILES string of the molecule is CC1(C)c2ccccc2-c2c1c1c(c3ccccc23)c2ccccc2n1-c1ccc2ccccc2c1. The van der Waals surface area contributed by atoms with Crippen molar-refractivity contribution in [2.45, 2.75) is 19.3 Å². The Bertz CT molecular complexity index is 2020. The number of rotatable bonds is 1. The molecule has 6 aromatic carbocycles. The van der Waals surface area contributed by atoms with Crippen molar-refractivity contribution in [2.75, 3.05) is 0 Å². The van der Waals surface area contributed by atoms with Gasteiger partial charge in [-0.25, -0.2) is 0 Å². The van der Waals surface area contributed by atoms with Crippen LogP contribution in [0.3, 0.4) is 0 Å². The molecule has 0 saturated carbocycles. The minimum atomic E-state index is -0.114. The molecular weight excluding hydrogens is 434 g/mol. The van der Waals surface area contributed by atoms with Crippen LogP contribution in [0.5, 0.6) is 0 Å². The normalized spacial score (nSPS) is 14.1. The van der Waals surface area contributed by atoms with Crippen molar-refractivity contribution in [1.82, 2.24) is 4.57 Å². The van der Waals surface area contributed by atoms with Gasteiger partial charge in [-0.2, -0.15) is 0 Å². The van der Waals surface area contributed by atoms with Crippen molar-refractivity contribution in [3.63, 3.8) is 0 Å². The van der Waals surface area contributed by atoms with Crippen LogP contribution in [0.15, 0.2) is 115 Å². The van der Waals surface area contributed by atoms with Gasteiger partial charge < -0.3 is 4.57 Å². The third kappa shape index (κ3) is 2.40. The molecule has 0 bridgehead atoms. The Morgan fingerprint density at radius 1 is 0.583 bits per heavy atom. The summed E-state index contributed by atoms with van der Waals surface area (Å²) >= 11 is 0. The molecule has 0 amide bonds. The molecule has 0 aliphatic heterocycles. The number of aromatic nitrogens is 1. The van der Waals surface area contributed by atoms with E-state index in [4.69, 9.17) is 0 Å². The molecule has 7 aromatic rings. The van der Waals surface area contributed by atoms with E-state index in [2.05, 4.69) is 134 Å². The lowest BCUT2D eigenvalue weighted by molar-refractivity contribution is 0.664. The molecule has 1 heterocycles. The highest BCUT2D eigenvalue weighted by Gasteiger charge is 2.40. The first-order chi connectivity index (χ1) is 17.6. The van der Waals surface area contributed by atoms with Gasteiger partial charge in [-0.05, 0) is 62.0 Å². The van der Waals surface area contributed by atoms with Gasteiger partial charge in [0.1, 0.15) is 0 Å². The van der Waals surface area contributed by atoms with Crippen molar-refractivity contribution in [3.05, 3.63) is 126 Å². The van der Waals surface area contributed by atoms with Gasteiger partial charge >= 0.3 is 0 Å². The Kier molecular flexibility index (Phi) is 3.79. The van der Waals surface area contributed by atoms with Gasteiger partial charge in [-0.3, -0.25) is 0 Å². The largest absolute Gasteiger partial charge is 0.309 e. The van der Waals surface area contributed by atoms with E-state index in [1.807, 2.05) is 0 Å². The maximum absolute atomic E-state index is 2.52. The maximum atomic E-state index is 2.52. The number of nitrogens with zero attached hydrogens (tertiary/aromatic N) is 1. The first kappa shape index (κ1) is 19.9. The van der Waals surface area contributed by atoms with Crippen LogP contribution in [-0.2, 0) is 5.41 Å². The van der Waals surface area contributed by atoms with Gasteiger partial charge in [0.05, 0.1) is 11.0 Å². The molecule has 0 spiro atoms. The van der Waals surface area contributed by atoms with E-state index in [0.717, 1.165) is 0 Å². The van der Waals surface area contributed by atoms with E-state index < -0.39 is 0 Å². The zero-order valence-electron chi connectivity index (χ0n) is 20.4. The Labute approximate surface area is 210 Å². The topological polar surface area (TPSA) is 4.93 Å². The van der Waals surface area contributed by atoms with Gasteiger partial charge in [-0.15, -0.1) is 0 Å². The fraction of sp³-hybridized carbons (Fsp3) is 0.0857. The summed E-state index contributed by atoms with van der Waals surface area (Å²) in [6, 6.07) is 42.4. The predicted molar refractivity (Wildman–Crippen MR) is 153 cm³/mol. The van der Waals surface area contributed by atoms with Crippen LogP contribution in [0.1, 0.15) is 25.0 Å². The van der Waals surface area contributed by atoms with E-state index in [0.29, 0.717) is 0 Å². The minimum Gasteiger partial charge on any atom is -0.309 e. The third-order valence-electron chi connectivity index (χ3n) is 8.31. The van der Waals surface area contributed by atoms with Crippen LogP contribution in [0.2, 0.25) is 0 Å². The molecule has 0 fully saturated rings. The summed E-state index contributed by atoms with van der Waals surface area (Å²) in [7, 11) is 0. The Balaban J connectivity index is 1.66. The van der Waals surface area contributed by atoms with Gasteiger partial charge in [0.2, 0.25) is 0 Å². The average molecular weight is 460 g/mol. The van der Waals surface area contributed by atoms with Crippen molar-refractivity contribution in [1.29, 1.82) is 0 Å². The van der Waals surface area contributed by atoms with Crippen LogP contribution in [0.4, 0.5) is 0 Å². The Morgan fingerprint density at radius 3 is 2.11 bits per heavy atom. The van der Waals surface area contributed by atoms with Crippen LogP contribution in [0.25, 0.3) is 60.2 Å². The molecule has 1 aliphatic rings. The minimum absolute atomic E-state index is 0.114. The van der Waals surface area contributed by atoms with E-state index in [1.54, 1.807) is 0 Å². The summed E-state index contributed by atoms with van der Waals surface area (Å²) in [6.45, 7) is 4.79. The van der Waals surface area contributed by atoms with Crippen molar-refractivity contribution in [3.8, 4) is 16.8 Å². The van der Waals surface area contributed by atoms with E-state index >= 15 is 0 Å². The van der Waals surface area contributed by atoms with Crippen LogP contribution in [-0.4, -0.2) is 4.57 Å². The molecule has 0 radical (unpaired) electrons. The summed E-state index contributed by atoms with van der Waals surface area (Å²) in [5, 5.41) is 7.88. The summed E-state index contributed by atoms with van der Waals surface area (Å²) < 4.78 is 2.52. The highest BCUT2D eigenvalue weighted by Crippen LogP contribution is 2.56. The smallest absolute Gasteiger partial charge is 0.0594 e. The first-order valence-corrected chi connectivity index (χ1v) is 12.7. The summed E-state index contributed by atoms with van der Waals surface area (Å²) in [6.07, 6.45) is 0. The summed E-state index contributed by atoms with van der Waals surface area (Å²) in [5.41, 5.74) is 9.29. The fourth-order valence-electron chi connectivity index (χ4n) is 6.77. The lowest BCUT2D eigenvalue weighted by Crippen LogP contribution is -2.16. The number of para-hydroxylation sites is 1. The molecule has 0 atom stereocenters. The number of fused-ring (bicyclic) bond motifs is 11. The lowest BCUT2D eigenvalue weighted by Gasteiger charge is -2.24. The zero-order valence-corrected chi connectivity index (χ0v) is 20.4. The number of benzene rings is 6. The van der Waals surface area contributed by atoms with Crippen LogP contribution in [0, 0.1) is 0 Å². The first-order valence-electron chi connectivity index (χ1n) is 12.7. The molecule has 170 valence electrons. The van der Waals surface area contributed by atoms with Crippen molar-refractivity contribution in [2.24, 2.45) is 0 Å². The molecular formula is C35H25N. The quantitative estimate of drug-likeness (QED) is 0.230. The molecule has 0 unspecified atom stereocenters. The second-order valence-corrected chi connectivity index (χ2v) is 10.6. The van der Waals surface area contributed by atoms with E-state index in [-0.39, 0.29) is 5.41 Å². The second kappa shape index (κ2) is 6.86. The third-order valence-corrected chi connectivity index (χ3v) is 8.31. The lowest BCUT2D eigenvalue weighted by atomic mass is 9.80. The molecule has 1 aromatic heterocycles. The monoisotopic (exact) mass is 459 g/mol. The molecule has 1 nitrogen and oxygen atoms in total. The predicted octanol–water partition coefficient (Wildman–Crippen LogP) is 9.40. The Morgan fingerprint density at radius 2 is 1.25 bits per heavy atom. The summed E-state index contributed by atoms with van der Waals surface area (Å²) in [4.78, 5) is 0. The van der Waals surface area contributed by atoms with Crippen LogP contribution < -0.4 is 0 Å². The Hall–Kier alpha value is -4.36. The molecule has 1 aliphatic carbocycles. The number of hydrogen-bond donors (Lipinski definition) is 0. The van der Waals surface area contributed by atoms with Crippen molar-refractivity contribution >= 4 is 43.4 Å². The molecule has 36 heavy (non-hydrogen) atoms. The molecule has 8 rings (SSSR count). The van der Waals surface area contributed by atoms with E-state index in [1.165, 1.54) is 71.3 Å². The second-order valence-electron chi connectivity index (χ2n) is 10.6. The standard InChI is InChI=1S/C35H25N/c1-35(2)29-17-9-7-15-27(29)31-25-13-5-6-14-26(25)32-28-16-8-10-18-30(28)36(34(32)33(31)35)24-20-19-22-11-3-4-12-23(22)21-24/h3-21H,1-2H3. The summed E-state index contributed by atoms with van der Waals surface area (Å²) in [5.74, 6) is 0. The zero-order chi connectivity index (χ0) is 24.0. The molecule has 0 saturated heterocycles. The highest BCUT2D eigenvalue weighted by molar-refractivity contribution is 6.27. The van der Waals surface area contributed by atoms with Gasteiger partial charge in [0.25, 0.3) is 0 Å². The highest BCUT2D eigenvalue weighted by atomic mass is 15.0. The fourth-order valence-corrected chi connectivity index (χ4v) is 6.77. The molecule has 1 heteroatoms. The maximum Gasteiger partial charge on any atom is 0.0594 e. The average Bonchev–Trinajstić information content (AvgIpc) is 3.38. The van der Waals surface area contributed by atoms with Gasteiger partial charge in [-0.1, -0.05) is 111 Å². The van der Waals surface area contributed by atoms with E-state index in [9.17, 15) is 0 Å². The molecule has 0 N–H and O–H groups in total. The van der Waals surface area contributed by atoms with Gasteiger partial charge in [0.15, 0.2) is 0 Å².